The summed E-state index contributed by atoms with van der Waals surface area (Å²) in [6, 6.07) is 1.55. The number of hydrogen-bond acceptors (Lipinski definition) is 5. The summed E-state index contributed by atoms with van der Waals surface area (Å²) in [6.07, 6.45) is 6.15. The van der Waals surface area contributed by atoms with Crippen LogP contribution < -0.4 is 0 Å². The number of aliphatic carboxylic acids is 1. The van der Waals surface area contributed by atoms with Gasteiger partial charge in [0.15, 0.2) is 5.82 Å². The number of carboxylic acids is 1. The van der Waals surface area contributed by atoms with E-state index in [-0.39, 0.29) is 11.6 Å². The molecule has 8 nitrogen and oxygen atoms in total. The standard InChI is InChI=1S/C13H12N4O4/c1-17-6-8(4-9(17)2-3-12(20)21)10(18)5-11(19)13-14-7-15-16-13/h2-7,18H,1H3,(H,20,21)(H,14,15,16)/b3-2+,10-5?. The molecule has 0 unspecified atom stereocenters. The molecule has 2 heterocycles. The lowest BCUT2D eigenvalue weighted by molar-refractivity contribution is -0.131. The molecular formula is C13H12N4O4. The summed E-state index contributed by atoms with van der Waals surface area (Å²) in [4.78, 5) is 25.9. The first-order valence-electron chi connectivity index (χ1n) is 5.85. The van der Waals surface area contributed by atoms with Crippen molar-refractivity contribution < 1.29 is 19.8 Å². The van der Waals surface area contributed by atoms with Gasteiger partial charge in [0.2, 0.25) is 5.78 Å². The van der Waals surface area contributed by atoms with Crippen molar-refractivity contribution in [3.63, 3.8) is 0 Å². The normalized spacial score (nSPS) is 12.0. The number of carbonyl (C=O) groups is 2. The number of aromatic amines is 1. The zero-order chi connectivity index (χ0) is 15.4. The van der Waals surface area contributed by atoms with Crippen LogP contribution in [0.4, 0.5) is 0 Å². The predicted molar refractivity (Wildman–Crippen MR) is 73.4 cm³/mol. The van der Waals surface area contributed by atoms with Gasteiger partial charge in [-0.2, -0.15) is 5.10 Å². The number of rotatable bonds is 5. The van der Waals surface area contributed by atoms with Crippen molar-refractivity contribution >= 4 is 23.6 Å². The molecule has 3 N–H and O–H groups in total. The van der Waals surface area contributed by atoms with Crippen LogP contribution in [0, 0.1) is 0 Å². The van der Waals surface area contributed by atoms with Crippen molar-refractivity contribution in [1.82, 2.24) is 19.7 Å². The average Bonchev–Trinajstić information content (AvgIpc) is 3.05. The number of aryl methyl sites for hydroxylation is 1. The highest BCUT2D eigenvalue weighted by Crippen LogP contribution is 2.16. The van der Waals surface area contributed by atoms with E-state index in [0.29, 0.717) is 11.3 Å². The minimum absolute atomic E-state index is 0.0171. The number of ketones is 1. The van der Waals surface area contributed by atoms with Crippen LogP contribution >= 0.6 is 0 Å². The fourth-order valence-corrected chi connectivity index (χ4v) is 1.64. The van der Waals surface area contributed by atoms with Gasteiger partial charge in [0, 0.05) is 36.7 Å². The topological polar surface area (TPSA) is 121 Å². The lowest BCUT2D eigenvalue weighted by Crippen LogP contribution is -1.99. The second-order valence-electron chi connectivity index (χ2n) is 4.16. The van der Waals surface area contributed by atoms with Crippen molar-refractivity contribution in [3.8, 4) is 0 Å². The summed E-state index contributed by atoms with van der Waals surface area (Å²) in [5.74, 6) is -1.82. The second kappa shape index (κ2) is 5.87. The third kappa shape index (κ3) is 3.44. The Balaban J connectivity index is 2.24. The minimum atomic E-state index is -1.07. The van der Waals surface area contributed by atoms with Crippen molar-refractivity contribution in [2.24, 2.45) is 7.05 Å². The molecular weight excluding hydrogens is 276 g/mol. The summed E-state index contributed by atoms with van der Waals surface area (Å²) in [5.41, 5.74) is 0.954. The largest absolute Gasteiger partial charge is 0.507 e. The van der Waals surface area contributed by atoms with Crippen LogP contribution in [0.2, 0.25) is 0 Å². The molecule has 2 aromatic rings. The lowest BCUT2D eigenvalue weighted by atomic mass is 10.2. The second-order valence-corrected chi connectivity index (χ2v) is 4.16. The molecule has 0 radical (unpaired) electrons. The summed E-state index contributed by atoms with van der Waals surface area (Å²) < 4.78 is 1.62. The van der Waals surface area contributed by atoms with Crippen molar-refractivity contribution in [1.29, 1.82) is 0 Å². The van der Waals surface area contributed by atoms with Gasteiger partial charge in [-0.3, -0.25) is 9.89 Å². The van der Waals surface area contributed by atoms with E-state index < -0.39 is 11.8 Å². The molecule has 21 heavy (non-hydrogen) atoms. The molecule has 8 heteroatoms. The Morgan fingerprint density at radius 3 is 2.76 bits per heavy atom. The highest BCUT2D eigenvalue weighted by atomic mass is 16.4. The maximum Gasteiger partial charge on any atom is 0.328 e. The number of hydrogen-bond donors (Lipinski definition) is 3. The van der Waals surface area contributed by atoms with Gasteiger partial charge in [0.05, 0.1) is 0 Å². The molecule has 0 aliphatic rings. The number of aliphatic hydroxyl groups is 1. The Hall–Kier alpha value is -3.16. The molecule has 0 aliphatic carbocycles. The Morgan fingerprint density at radius 1 is 1.38 bits per heavy atom. The number of aliphatic hydroxyl groups excluding tert-OH is 1. The number of nitrogens with zero attached hydrogens (tertiary/aromatic N) is 3. The number of aromatic nitrogens is 4. The Labute approximate surface area is 119 Å². The number of nitrogens with one attached hydrogen (secondary N) is 1. The summed E-state index contributed by atoms with van der Waals surface area (Å²) in [5, 5.41) is 24.5. The van der Waals surface area contributed by atoms with Gasteiger partial charge in [0.1, 0.15) is 12.1 Å². The zero-order valence-electron chi connectivity index (χ0n) is 11.0. The zero-order valence-corrected chi connectivity index (χ0v) is 11.0. The number of carbonyl (C=O) groups excluding carboxylic acids is 1. The molecule has 0 aliphatic heterocycles. The molecule has 2 rings (SSSR count). The van der Waals surface area contributed by atoms with E-state index in [1.165, 1.54) is 12.4 Å². The van der Waals surface area contributed by atoms with Gasteiger partial charge in [-0.05, 0) is 12.1 Å². The molecule has 108 valence electrons. The highest BCUT2D eigenvalue weighted by Gasteiger charge is 2.10. The maximum atomic E-state index is 11.7. The van der Waals surface area contributed by atoms with E-state index >= 15 is 0 Å². The van der Waals surface area contributed by atoms with Gasteiger partial charge in [-0.1, -0.05) is 0 Å². The Kier molecular flexibility index (Phi) is 3.98. The average molecular weight is 288 g/mol. The first-order chi connectivity index (χ1) is 9.97. The molecule has 0 saturated carbocycles. The van der Waals surface area contributed by atoms with Crippen LogP contribution in [-0.4, -0.2) is 41.7 Å². The van der Waals surface area contributed by atoms with E-state index in [9.17, 15) is 14.7 Å². The van der Waals surface area contributed by atoms with E-state index in [0.717, 1.165) is 12.2 Å². The highest BCUT2D eigenvalue weighted by molar-refractivity contribution is 6.05. The summed E-state index contributed by atoms with van der Waals surface area (Å²) in [7, 11) is 1.69. The third-order valence-electron chi connectivity index (χ3n) is 2.65. The van der Waals surface area contributed by atoms with Gasteiger partial charge >= 0.3 is 5.97 Å². The SMILES string of the molecule is Cn1cc(C(O)=CC(=O)c2ncn[nH]2)cc1/C=C/C(=O)O. The fourth-order valence-electron chi connectivity index (χ4n) is 1.64. The van der Waals surface area contributed by atoms with Gasteiger partial charge in [-0.15, -0.1) is 0 Å². The van der Waals surface area contributed by atoms with E-state index in [2.05, 4.69) is 15.2 Å². The third-order valence-corrected chi connectivity index (χ3v) is 2.65. The number of allylic oxidation sites excluding steroid dienone is 1. The monoisotopic (exact) mass is 288 g/mol. The smallest absolute Gasteiger partial charge is 0.328 e. The molecule has 0 atom stereocenters. The van der Waals surface area contributed by atoms with Crippen molar-refractivity contribution in [3.05, 3.63) is 47.8 Å². The van der Waals surface area contributed by atoms with Gasteiger partial charge in [0.25, 0.3) is 0 Å². The number of carboxylic acid groups (broad SMARTS) is 1. The summed E-state index contributed by atoms with van der Waals surface area (Å²) in [6.45, 7) is 0. The van der Waals surface area contributed by atoms with E-state index in [1.807, 2.05) is 0 Å². The predicted octanol–water partition coefficient (Wildman–Crippen LogP) is 1.02. The quantitative estimate of drug-likeness (QED) is 0.429. The first kappa shape index (κ1) is 14.3. The van der Waals surface area contributed by atoms with Gasteiger partial charge in [-0.25, -0.2) is 9.78 Å². The van der Waals surface area contributed by atoms with E-state index in [4.69, 9.17) is 5.11 Å². The van der Waals surface area contributed by atoms with Crippen LogP contribution in [0.5, 0.6) is 0 Å². The lowest BCUT2D eigenvalue weighted by Gasteiger charge is -1.94. The fraction of sp³-hybridized carbons (Fsp3) is 0.0769. The molecule has 0 amide bonds. The van der Waals surface area contributed by atoms with Crippen molar-refractivity contribution in [2.75, 3.05) is 0 Å². The Bertz CT molecular complexity index is 725. The van der Waals surface area contributed by atoms with Gasteiger partial charge < -0.3 is 14.8 Å². The van der Waals surface area contributed by atoms with Crippen LogP contribution in [0.15, 0.2) is 30.7 Å². The van der Waals surface area contributed by atoms with Crippen LogP contribution in [0.3, 0.4) is 0 Å². The minimum Gasteiger partial charge on any atom is -0.507 e. The molecule has 0 fully saturated rings. The van der Waals surface area contributed by atoms with Crippen LogP contribution in [0.1, 0.15) is 21.9 Å². The van der Waals surface area contributed by atoms with E-state index in [1.54, 1.807) is 23.9 Å². The van der Waals surface area contributed by atoms with Crippen LogP contribution in [-0.2, 0) is 11.8 Å². The molecule has 0 spiro atoms. The molecule has 0 aromatic carbocycles. The maximum absolute atomic E-state index is 11.7. The Morgan fingerprint density at radius 2 is 2.14 bits per heavy atom. The van der Waals surface area contributed by atoms with Crippen LogP contribution in [0.25, 0.3) is 11.8 Å². The van der Waals surface area contributed by atoms with Crippen molar-refractivity contribution in [2.45, 2.75) is 0 Å². The number of H-pyrrole nitrogens is 1. The summed E-state index contributed by atoms with van der Waals surface area (Å²) >= 11 is 0. The molecule has 2 aromatic heterocycles. The molecule has 0 bridgehead atoms. The molecule has 0 saturated heterocycles. The first-order valence-corrected chi connectivity index (χ1v) is 5.85.